The summed E-state index contributed by atoms with van der Waals surface area (Å²) in [6.07, 6.45) is 5.72. The van der Waals surface area contributed by atoms with E-state index < -0.39 is 10.0 Å². The second-order valence-electron chi connectivity index (χ2n) is 7.58. The van der Waals surface area contributed by atoms with Gasteiger partial charge in [0.15, 0.2) is 5.65 Å². The van der Waals surface area contributed by atoms with Crippen molar-refractivity contribution in [3.05, 3.63) is 12.3 Å². The Kier molecular flexibility index (Phi) is 5.65. The minimum atomic E-state index is -3.31. The summed E-state index contributed by atoms with van der Waals surface area (Å²) in [6.45, 7) is 3.90. The van der Waals surface area contributed by atoms with Crippen LogP contribution in [0.4, 0.5) is 11.9 Å². The van der Waals surface area contributed by atoms with Crippen LogP contribution in [0.3, 0.4) is 0 Å². The smallest absolute Gasteiger partial charge is 0.230 e. The largest absolute Gasteiger partial charge is 0.353 e. The number of hydrogen-bond donors (Lipinski definition) is 2. The first-order valence-corrected chi connectivity index (χ1v) is 11.5. The van der Waals surface area contributed by atoms with Gasteiger partial charge in [-0.15, -0.1) is 0 Å². The molecule has 4 rings (SSSR count). The van der Waals surface area contributed by atoms with Crippen LogP contribution in [0, 0.1) is 0 Å². The fraction of sp³-hybridized carbons (Fsp3) is 0.706. The third-order valence-corrected chi connectivity index (χ3v) is 6.82. The van der Waals surface area contributed by atoms with Crippen molar-refractivity contribution in [3.8, 4) is 0 Å². The number of nitrogens with one attached hydrogen (secondary N) is 2. The van der Waals surface area contributed by atoms with Gasteiger partial charge in [-0.3, -0.25) is 0 Å². The zero-order chi connectivity index (χ0) is 19.6. The SMILES string of the molecule is CN1CCN(c2nc(NCCS(=O)(=O)NC3CCCC3)n3nccc3n2)CC1. The molecule has 3 heterocycles. The zero-order valence-corrected chi connectivity index (χ0v) is 17.0. The summed E-state index contributed by atoms with van der Waals surface area (Å²) in [7, 11) is -1.21. The summed E-state index contributed by atoms with van der Waals surface area (Å²) >= 11 is 0. The molecule has 1 aliphatic heterocycles. The van der Waals surface area contributed by atoms with Crippen LogP contribution in [0.25, 0.3) is 5.65 Å². The Bertz CT molecular complexity index is 901. The van der Waals surface area contributed by atoms with Crippen molar-refractivity contribution >= 4 is 27.6 Å². The fourth-order valence-corrected chi connectivity index (χ4v) is 4.96. The van der Waals surface area contributed by atoms with Gasteiger partial charge in [0.1, 0.15) is 0 Å². The second kappa shape index (κ2) is 8.18. The molecule has 0 aromatic carbocycles. The number of aromatic nitrogens is 4. The Hall–Kier alpha value is -1.98. The lowest BCUT2D eigenvalue weighted by Gasteiger charge is -2.32. The number of piperazine rings is 1. The van der Waals surface area contributed by atoms with Crippen LogP contribution in [0.15, 0.2) is 12.3 Å². The summed E-state index contributed by atoms with van der Waals surface area (Å²) in [6, 6.07) is 1.91. The molecule has 2 aromatic heterocycles. The van der Waals surface area contributed by atoms with Crippen LogP contribution in [0.1, 0.15) is 25.7 Å². The Balaban J connectivity index is 1.43. The molecule has 1 saturated carbocycles. The molecule has 0 radical (unpaired) electrons. The van der Waals surface area contributed by atoms with Crippen molar-refractivity contribution in [1.82, 2.24) is 29.2 Å². The highest BCUT2D eigenvalue weighted by Crippen LogP contribution is 2.19. The zero-order valence-electron chi connectivity index (χ0n) is 16.2. The number of fused-ring (bicyclic) bond motifs is 1. The number of rotatable bonds is 7. The molecule has 2 fully saturated rings. The maximum atomic E-state index is 12.3. The monoisotopic (exact) mass is 408 g/mol. The van der Waals surface area contributed by atoms with Crippen molar-refractivity contribution in [2.45, 2.75) is 31.7 Å². The lowest BCUT2D eigenvalue weighted by molar-refractivity contribution is 0.311. The quantitative estimate of drug-likeness (QED) is 0.667. The Morgan fingerprint density at radius 2 is 1.89 bits per heavy atom. The first-order chi connectivity index (χ1) is 13.5. The maximum Gasteiger partial charge on any atom is 0.230 e. The average molecular weight is 409 g/mol. The summed E-state index contributed by atoms with van der Waals surface area (Å²) in [5, 5.41) is 7.39. The minimum Gasteiger partial charge on any atom is -0.353 e. The van der Waals surface area contributed by atoms with Gasteiger partial charge in [0, 0.05) is 44.8 Å². The van der Waals surface area contributed by atoms with E-state index in [1.807, 2.05) is 6.07 Å². The van der Waals surface area contributed by atoms with Crippen LogP contribution in [0.2, 0.25) is 0 Å². The van der Waals surface area contributed by atoms with E-state index in [2.05, 4.69) is 42.0 Å². The first kappa shape index (κ1) is 19.3. The topological polar surface area (TPSA) is 108 Å². The van der Waals surface area contributed by atoms with E-state index in [9.17, 15) is 8.42 Å². The van der Waals surface area contributed by atoms with E-state index in [1.165, 1.54) is 0 Å². The van der Waals surface area contributed by atoms with E-state index in [4.69, 9.17) is 0 Å². The molecule has 1 saturated heterocycles. The Morgan fingerprint density at radius 1 is 1.14 bits per heavy atom. The van der Waals surface area contributed by atoms with Gasteiger partial charge < -0.3 is 15.1 Å². The Labute approximate surface area is 165 Å². The maximum absolute atomic E-state index is 12.3. The third kappa shape index (κ3) is 4.53. The van der Waals surface area contributed by atoms with Crippen molar-refractivity contribution < 1.29 is 8.42 Å². The number of nitrogens with zero attached hydrogens (tertiary/aromatic N) is 6. The van der Waals surface area contributed by atoms with Gasteiger partial charge in [0.05, 0.1) is 11.9 Å². The van der Waals surface area contributed by atoms with Crippen molar-refractivity contribution in [2.75, 3.05) is 55.7 Å². The number of likely N-dealkylation sites (N-methyl/N-ethyl adjacent to an activating group) is 1. The third-order valence-electron chi connectivity index (χ3n) is 5.39. The number of anilines is 2. The first-order valence-electron chi connectivity index (χ1n) is 9.89. The van der Waals surface area contributed by atoms with Gasteiger partial charge >= 0.3 is 0 Å². The van der Waals surface area contributed by atoms with Gasteiger partial charge in [0.25, 0.3) is 0 Å². The summed E-state index contributed by atoms with van der Waals surface area (Å²) in [4.78, 5) is 13.6. The molecule has 2 aromatic rings. The standard InChI is InChI=1S/C17H28N8O2S/c1-23-9-11-24(12-10-23)17-20-15-6-7-19-25(15)16(21-17)18-8-13-28(26,27)22-14-4-2-3-5-14/h6-7,14,22H,2-5,8-13H2,1H3,(H,18,20,21). The van der Waals surface area contributed by atoms with E-state index in [0.717, 1.165) is 51.9 Å². The lowest BCUT2D eigenvalue weighted by Crippen LogP contribution is -2.45. The molecular weight excluding hydrogens is 380 g/mol. The van der Waals surface area contributed by atoms with E-state index in [-0.39, 0.29) is 18.3 Å². The highest BCUT2D eigenvalue weighted by atomic mass is 32.2. The van der Waals surface area contributed by atoms with Crippen molar-refractivity contribution in [1.29, 1.82) is 0 Å². The molecule has 28 heavy (non-hydrogen) atoms. The molecule has 2 N–H and O–H groups in total. The molecule has 0 atom stereocenters. The lowest BCUT2D eigenvalue weighted by atomic mass is 10.3. The molecule has 0 unspecified atom stereocenters. The molecule has 154 valence electrons. The molecule has 1 aliphatic carbocycles. The molecule has 0 spiro atoms. The summed E-state index contributed by atoms with van der Waals surface area (Å²) < 4.78 is 29.0. The Morgan fingerprint density at radius 3 is 2.64 bits per heavy atom. The molecule has 0 bridgehead atoms. The molecule has 10 nitrogen and oxygen atoms in total. The van der Waals surface area contributed by atoms with Crippen LogP contribution in [-0.2, 0) is 10.0 Å². The minimum absolute atomic E-state index is 0.000106. The number of hydrogen-bond acceptors (Lipinski definition) is 8. The van der Waals surface area contributed by atoms with Gasteiger partial charge in [-0.25, -0.2) is 13.1 Å². The second-order valence-corrected chi connectivity index (χ2v) is 9.46. The molecular formula is C17H28N8O2S. The normalized spacial score (nSPS) is 19.5. The fourth-order valence-electron chi connectivity index (χ4n) is 3.73. The highest BCUT2D eigenvalue weighted by molar-refractivity contribution is 7.89. The van der Waals surface area contributed by atoms with E-state index in [0.29, 0.717) is 17.5 Å². The average Bonchev–Trinajstić information content (AvgIpc) is 3.33. The predicted molar refractivity (Wildman–Crippen MR) is 108 cm³/mol. The summed E-state index contributed by atoms with van der Waals surface area (Å²) in [5.74, 6) is 1.16. The predicted octanol–water partition coefficient (Wildman–Crippen LogP) is 0.150. The van der Waals surface area contributed by atoms with Crippen LogP contribution in [-0.4, -0.2) is 84.5 Å². The summed E-state index contributed by atoms with van der Waals surface area (Å²) in [5.41, 5.74) is 0.693. The number of sulfonamides is 1. The molecule has 11 heteroatoms. The molecule has 2 aliphatic rings. The van der Waals surface area contributed by atoms with Gasteiger partial charge in [-0.05, 0) is 19.9 Å². The van der Waals surface area contributed by atoms with E-state index in [1.54, 1.807) is 10.7 Å². The van der Waals surface area contributed by atoms with Gasteiger partial charge in [-0.1, -0.05) is 12.8 Å². The van der Waals surface area contributed by atoms with Crippen molar-refractivity contribution in [3.63, 3.8) is 0 Å². The van der Waals surface area contributed by atoms with Gasteiger partial charge in [-0.2, -0.15) is 19.6 Å². The van der Waals surface area contributed by atoms with Crippen LogP contribution < -0.4 is 14.9 Å². The van der Waals surface area contributed by atoms with Crippen LogP contribution in [0.5, 0.6) is 0 Å². The van der Waals surface area contributed by atoms with Crippen LogP contribution >= 0.6 is 0 Å². The van der Waals surface area contributed by atoms with Gasteiger partial charge in [0.2, 0.25) is 21.9 Å². The van der Waals surface area contributed by atoms with Crippen molar-refractivity contribution in [2.24, 2.45) is 0 Å². The van der Waals surface area contributed by atoms with E-state index >= 15 is 0 Å². The molecule has 0 amide bonds. The highest BCUT2D eigenvalue weighted by Gasteiger charge is 2.22.